The first-order chi connectivity index (χ1) is 7.74. The van der Waals surface area contributed by atoms with E-state index in [9.17, 15) is 4.79 Å². The van der Waals surface area contributed by atoms with Gasteiger partial charge in [0.2, 0.25) is 5.91 Å². The Balaban J connectivity index is 2.37. The van der Waals surface area contributed by atoms with Gasteiger partial charge < -0.3 is 4.90 Å². The van der Waals surface area contributed by atoms with Crippen molar-refractivity contribution in [3.63, 3.8) is 0 Å². The molecular weight excluding hydrogens is 200 g/mol. The molecule has 16 heavy (non-hydrogen) atoms. The van der Waals surface area contributed by atoms with Crippen molar-refractivity contribution in [2.45, 2.75) is 32.2 Å². The van der Waals surface area contributed by atoms with Gasteiger partial charge in [0, 0.05) is 11.7 Å². The van der Waals surface area contributed by atoms with E-state index >= 15 is 0 Å². The SMILES string of the molecule is CC1CCc2ccccc2N1C(=O)CC#N. The highest BCUT2D eigenvalue weighted by Gasteiger charge is 2.27. The van der Waals surface area contributed by atoms with Crippen LogP contribution in [0, 0.1) is 11.3 Å². The molecule has 3 nitrogen and oxygen atoms in total. The van der Waals surface area contributed by atoms with E-state index < -0.39 is 0 Å². The average molecular weight is 214 g/mol. The first kappa shape index (κ1) is 10.7. The largest absolute Gasteiger partial charge is 0.308 e. The molecule has 0 spiro atoms. The van der Waals surface area contributed by atoms with Crippen LogP contribution in [0.5, 0.6) is 0 Å². The number of para-hydroxylation sites is 1. The van der Waals surface area contributed by atoms with E-state index in [0.29, 0.717) is 0 Å². The fourth-order valence-corrected chi connectivity index (χ4v) is 2.22. The second-order valence-corrected chi connectivity index (χ2v) is 4.12. The summed E-state index contributed by atoms with van der Waals surface area (Å²) < 4.78 is 0. The molecular formula is C13H14N2O. The van der Waals surface area contributed by atoms with Crippen LogP contribution < -0.4 is 4.90 Å². The van der Waals surface area contributed by atoms with Gasteiger partial charge in [-0.2, -0.15) is 5.26 Å². The minimum atomic E-state index is -0.0952. The normalized spacial score (nSPS) is 18.8. The second kappa shape index (κ2) is 4.36. The fraction of sp³-hybridized carbons (Fsp3) is 0.385. The van der Waals surface area contributed by atoms with E-state index in [1.165, 1.54) is 5.56 Å². The van der Waals surface area contributed by atoms with Crippen molar-refractivity contribution in [1.82, 2.24) is 0 Å². The maximum absolute atomic E-state index is 11.9. The van der Waals surface area contributed by atoms with E-state index in [4.69, 9.17) is 5.26 Å². The number of nitrogens with zero attached hydrogens (tertiary/aromatic N) is 2. The predicted octanol–water partition coefficient (Wildman–Crippen LogP) is 2.27. The zero-order valence-corrected chi connectivity index (χ0v) is 9.31. The Morgan fingerprint density at radius 1 is 1.56 bits per heavy atom. The number of anilines is 1. The number of carbonyl (C=O) groups excluding carboxylic acids is 1. The molecule has 1 aliphatic rings. The van der Waals surface area contributed by atoms with Crippen molar-refractivity contribution in [3.05, 3.63) is 29.8 Å². The lowest BCUT2D eigenvalue weighted by Crippen LogP contribution is -2.41. The molecule has 1 aromatic carbocycles. The Kier molecular flexibility index (Phi) is 2.91. The van der Waals surface area contributed by atoms with Gasteiger partial charge in [-0.15, -0.1) is 0 Å². The summed E-state index contributed by atoms with van der Waals surface area (Å²) in [5, 5.41) is 8.60. The van der Waals surface area contributed by atoms with Crippen LogP contribution in [0.25, 0.3) is 0 Å². The Hall–Kier alpha value is -1.82. The van der Waals surface area contributed by atoms with Gasteiger partial charge in [-0.05, 0) is 31.4 Å². The summed E-state index contributed by atoms with van der Waals surface area (Å²) in [4.78, 5) is 13.6. The lowest BCUT2D eigenvalue weighted by Gasteiger charge is -2.34. The van der Waals surface area contributed by atoms with Crippen LogP contribution in [0.4, 0.5) is 5.69 Å². The second-order valence-electron chi connectivity index (χ2n) is 4.12. The van der Waals surface area contributed by atoms with Crippen molar-refractivity contribution >= 4 is 11.6 Å². The van der Waals surface area contributed by atoms with Crippen LogP contribution >= 0.6 is 0 Å². The van der Waals surface area contributed by atoms with Crippen molar-refractivity contribution in [2.24, 2.45) is 0 Å². The molecule has 1 aliphatic heterocycles. The number of amides is 1. The molecule has 3 heteroatoms. The quantitative estimate of drug-likeness (QED) is 0.719. The molecule has 82 valence electrons. The molecule has 0 bridgehead atoms. The van der Waals surface area contributed by atoms with E-state index in [1.54, 1.807) is 4.90 Å². The highest BCUT2D eigenvalue weighted by atomic mass is 16.2. The van der Waals surface area contributed by atoms with Gasteiger partial charge in [0.15, 0.2) is 0 Å². The number of aryl methyl sites for hydroxylation is 1. The number of carbonyl (C=O) groups is 1. The summed E-state index contributed by atoms with van der Waals surface area (Å²) in [6, 6.07) is 10.0. The van der Waals surface area contributed by atoms with E-state index in [0.717, 1.165) is 18.5 Å². The Morgan fingerprint density at radius 3 is 3.06 bits per heavy atom. The van der Waals surface area contributed by atoms with E-state index in [1.807, 2.05) is 37.3 Å². The number of nitriles is 1. The van der Waals surface area contributed by atoms with Gasteiger partial charge in [-0.3, -0.25) is 4.79 Å². The third-order valence-electron chi connectivity index (χ3n) is 3.02. The van der Waals surface area contributed by atoms with Crippen LogP contribution in [-0.2, 0) is 11.2 Å². The molecule has 1 amide bonds. The van der Waals surface area contributed by atoms with Crippen LogP contribution in [0.2, 0.25) is 0 Å². The summed E-state index contributed by atoms with van der Waals surface area (Å²) in [6.45, 7) is 2.03. The number of rotatable bonds is 1. The Morgan fingerprint density at radius 2 is 2.31 bits per heavy atom. The molecule has 0 saturated heterocycles. The molecule has 1 unspecified atom stereocenters. The van der Waals surface area contributed by atoms with Gasteiger partial charge in [-0.25, -0.2) is 0 Å². The number of hydrogen-bond donors (Lipinski definition) is 0. The summed E-state index contributed by atoms with van der Waals surface area (Å²) in [5.74, 6) is -0.0952. The van der Waals surface area contributed by atoms with Crippen LogP contribution in [-0.4, -0.2) is 11.9 Å². The smallest absolute Gasteiger partial charge is 0.241 e. The third-order valence-corrected chi connectivity index (χ3v) is 3.02. The molecule has 0 saturated carbocycles. The first-order valence-electron chi connectivity index (χ1n) is 5.51. The van der Waals surface area contributed by atoms with Crippen molar-refractivity contribution in [3.8, 4) is 6.07 Å². The number of benzene rings is 1. The first-order valence-corrected chi connectivity index (χ1v) is 5.51. The third kappa shape index (κ3) is 1.79. The topological polar surface area (TPSA) is 44.1 Å². The maximum atomic E-state index is 11.9. The molecule has 0 fully saturated rings. The highest BCUT2D eigenvalue weighted by molar-refractivity contribution is 5.96. The molecule has 1 atom stereocenters. The van der Waals surface area contributed by atoms with E-state index in [-0.39, 0.29) is 18.4 Å². The van der Waals surface area contributed by atoms with Gasteiger partial charge in [0.25, 0.3) is 0 Å². The Bertz CT molecular complexity index is 447. The monoisotopic (exact) mass is 214 g/mol. The fourth-order valence-electron chi connectivity index (χ4n) is 2.22. The zero-order chi connectivity index (χ0) is 11.5. The highest BCUT2D eigenvalue weighted by Crippen LogP contribution is 2.30. The molecule has 0 aromatic heterocycles. The molecule has 0 radical (unpaired) electrons. The predicted molar refractivity (Wildman–Crippen MR) is 61.9 cm³/mol. The minimum absolute atomic E-state index is 0.0430. The summed E-state index contributed by atoms with van der Waals surface area (Å²) in [7, 11) is 0. The summed E-state index contributed by atoms with van der Waals surface area (Å²) in [5.41, 5.74) is 2.17. The molecule has 0 N–H and O–H groups in total. The molecule has 1 heterocycles. The molecule has 1 aromatic rings. The van der Waals surface area contributed by atoms with Crippen molar-refractivity contribution in [1.29, 1.82) is 5.26 Å². The average Bonchev–Trinajstić information content (AvgIpc) is 2.29. The molecule has 2 rings (SSSR count). The number of hydrogen-bond acceptors (Lipinski definition) is 2. The minimum Gasteiger partial charge on any atom is -0.308 e. The van der Waals surface area contributed by atoms with Crippen molar-refractivity contribution < 1.29 is 4.79 Å². The molecule has 0 aliphatic carbocycles. The van der Waals surface area contributed by atoms with Crippen LogP contribution in [0.3, 0.4) is 0 Å². The van der Waals surface area contributed by atoms with E-state index in [2.05, 4.69) is 0 Å². The standard InChI is InChI=1S/C13H14N2O/c1-10-6-7-11-4-2-3-5-12(11)15(10)13(16)8-9-14/h2-5,10H,6-8H2,1H3. The maximum Gasteiger partial charge on any atom is 0.241 e. The van der Waals surface area contributed by atoms with Crippen molar-refractivity contribution in [2.75, 3.05) is 4.90 Å². The van der Waals surface area contributed by atoms with Gasteiger partial charge in [-0.1, -0.05) is 18.2 Å². The summed E-state index contributed by atoms with van der Waals surface area (Å²) >= 11 is 0. The van der Waals surface area contributed by atoms with Gasteiger partial charge in [0.05, 0.1) is 6.07 Å². The van der Waals surface area contributed by atoms with Gasteiger partial charge in [0.1, 0.15) is 6.42 Å². The number of fused-ring (bicyclic) bond motifs is 1. The zero-order valence-electron chi connectivity index (χ0n) is 9.31. The Labute approximate surface area is 95.3 Å². The lowest BCUT2D eigenvalue weighted by molar-refractivity contribution is -0.118. The lowest BCUT2D eigenvalue weighted by atomic mass is 9.96. The summed E-state index contributed by atoms with van der Waals surface area (Å²) in [6.07, 6.45) is 1.93. The van der Waals surface area contributed by atoms with Gasteiger partial charge >= 0.3 is 0 Å². The van der Waals surface area contributed by atoms with Crippen LogP contribution in [0.15, 0.2) is 24.3 Å². The van der Waals surface area contributed by atoms with Crippen LogP contribution in [0.1, 0.15) is 25.3 Å².